The third-order valence-corrected chi connectivity index (χ3v) is 10.3. The molecule has 0 fully saturated rings. The predicted octanol–water partition coefficient (Wildman–Crippen LogP) is 11.7. The maximum absolute atomic E-state index is 5.35. The van der Waals surface area contributed by atoms with E-state index in [0.717, 1.165) is 49.7 Å². The summed E-state index contributed by atoms with van der Waals surface area (Å²) in [6.07, 6.45) is 0. The Labute approximate surface area is 298 Å². The lowest BCUT2D eigenvalue weighted by atomic mass is 9.98. The molecule has 0 aliphatic carbocycles. The van der Waals surface area contributed by atoms with Gasteiger partial charge < -0.3 is 4.57 Å². The lowest BCUT2D eigenvalue weighted by Gasteiger charge is -2.14. The van der Waals surface area contributed by atoms with Gasteiger partial charge in [-0.1, -0.05) is 146 Å². The van der Waals surface area contributed by atoms with Gasteiger partial charge in [0.2, 0.25) is 5.95 Å². The highest BCUT2D eigenvalue weighted by molar-refractivity contribution is 6.36. The lowest BCUT2D eigenvalue weighted by molar-refractivity contribution is 0.954. The Morgan fingerprint density at radius 1 is 0.346 bits per heavy atom. The number of para-hydroxylation sites is 3. The van der Waals surface area contributed by atoms with Crippen LogP contribution >= 0.6 is 0 Å². The van der Waals surface area contributed by atoms with Crippen LogP contribution in [-0.4, -0.2) is 24.1 Å². The average Bonchev–Trinajstić information content (AvgIpc) is 3.75. The van der Waals surface area contributed by atoms with Gasteiger partial charge in [-0.25, -0.2) is 4.98 Å². The van der Waals surface area contributed by atoms with E-state index in [4.69, 9.17) is 15.0 Å². The molecule has 8 aromatic carbocycles. The Morgan fingerprint density at radius 2 is 0.846 bits per heavy atom. The van der Waals surface area contributed by atoms with Gasteiger partial charge in [0.25, 0.3) is 0 Å². The van der Waals surface area contributed by atoms with Crippen molar-refractivity contribution in [2.24, 2.45) is 0 Å². The molecule has 0 spiro atoms. The number of rotatable bonds is 4. The third kappa shape index (κ3) is 4.20. The molecule has 0 atom stereocenters. The van der Waals surface area contributed by atoms with Crippen LogP contribution in [0.5, 0.6) is 0 Å². The fourth-order valence-electron chi connectivity index (χ4n) is 8.08. The first kappa shape index (κ1) is 28.7. The van der Waals surface area contributed by atoms with Crippen molar-refractivity contribution in [1.82, 2.24) is 24.1 Å². The van der Waals surface area contributed by atoms with Crippen LogP contribution in [0.3, 0.4) is 0 Å². The molecule has 0 N–H and O–H groups in total. The van der Waals surface area contributed by atoms with Gasteiger partial charge in [0.1, 0.15) is 0 Å². The van der Waals surface area contributed by atoms with E-state index >= 15 is 0 Å². The van der Waals surface area contributed by atoms with Gasteiger partial charge in [-0.15, -0.1) is 0 Å². The molecule has 242 valence electrons. The lowest BCUT2D eigenvalue weighted by Crippen LogP contribution is -2.07. The molecular formula is C47H29N5. The van der Waals surface area contributed by atoms with Crippen LogP contribution in [0.1, 0.15) is 0 Å². The molecule has 0 bridgehead atoms. The highest BCUT2D eigenvalue weighted by Crippen LogP contribution is 2.46. The monoisotopic (exact) mass is 663 g/mol. The highest BCUT2D eigenvalue weighted by Gasteiger charge is 2.26. The SMILES string of the molecule is c1ccc(-c2nc(-c3ccc4ccccc4c3)nc(-n3c4ccccc4c4c5ccccc5c5c6ccccc6n(-c6ccccc6)c5c43)n2)cc1. The second-order valence-corrected chi connectivity index (χ2v) is 13.2. The minimum Gasteiger partial charge on any atom is -0.307 e. The van der Waals surface area contributed by atoms with Crippen molar-refractivity contribution < 1.29 is 0 Å². The first-order valence-electron chi connectivity index (χ1n) is 17.6. The van der Waals surface area contributed by atoms with Crippen molar-refractivity contribution in [3.63, 3.8) is 0 Å². The Kier molecular flexibility index (Phi) is 6.18. The minimum atomic E-state index is 0.574. The Morgan fingerprint density at radius 3 is 1.52 bits per heavy atom. The number of benzene rings is 8. The van der Waals surface area contributed by atoms with Gasteiger partial charge in [0.15, 0.2) is 11.6 Å². The van der Waals surface area contributed by atoms with Gasteiger partial charge >= 0.3 is 0 Å². The number of nitrogens with zero attached hydrogens (tertiary/aromatic N) is 5. The summed E-state index contributed by atoms with van der Waals surface area (Å²) in [6.45, 7) is 0. The molecule has 0 amide bonds. The third-order valence-electron chi connectivity index (χ3n) is 10.3. The zero-order valence-corrected chi connectivity index (χ0v) is 28.0. The summed E-state index contributed by atoms with van der Waals surface area (Å²) >= 11 is 0. The molecule has 0 saturated carbocycles. The van der Waals surface area contributed by atoms with Crippen molar-refractivity contribution >= 4 is 65.2 Å². The van der Waals surface area contributed by atoms with Gasteiger partial charge in [-0.2, -0.15) is 9.97 Å². The van der Waals surface area contributed by atoms with Gasteiger partial charge in [-0.3, -0.25) is 4.57 Å². The Bertz CT molecular complexity index is 3180. The normalized spacial score (nSPS) is 11.8. The maximum atomic E-state index is 5.35. The second-order valence-electron chi connectivity index (χ2n) is 13.2. The van der Waals surface area contributed by atoms with Crippen molar-refractivity contribution in [2.45, 2.75) is 0 Å². The summed E-state index contributed by atoms with van der Waals surface area (Å²) in [6, 6.07) is 61.9. The standard InChI is InChI=1S/C47H29N5/c1-3-16-31(17-4-1)45-48-46(33-28-27-30-15-7-8-18-32(30)29-33)50-47(49-45)52-40-26-14-12-24-38(40)42-36-22-10-9-21-35(36)41-37-23-11-13-25-39(37)51(43(41)44(42)52)34-19-5-2-6-20-34/h1-29H. The predicted molar refractivity (Wildman–Crippen MR) is 214 cm³/mol. The molecule has 0 radical (unpaired) electrons. The fraction of sp³-hybridized carbons (Fsp3) is 0. The van der Waals surface area contributed by atoms with E-state index in [9.17, 15) is 0 Å². The zero-order chi connectivity index (χ0) is 34.2. The van der Waals surface area contributed by atoms with E-state index in [1.54, 1.807) is 0 Å². The van der Waals surface area contributed by atoms with Crippen LogP contribution in [0.2, 0.25) is 0 Å². The molecule has 5 heteroatoms. The van der Waals surface area contributed by atoms with Crippen LogP contribution in [0.15, 0.2) is 176 Å². The summed E-state index contributed by atoms with van der Waals surface area (Å²) in [4.78, 5) is 15.8. The zero-order valence-electron chi connectivity index (χ0n) is 28.0. The van der Waals surface area contributed by atoms with Gasteiger partial charge in [0.05, 0.1) is 22.1 Å². The molecule has 0 aliphatic heterocycles. The van der Waals surface area contributed by atoms with E-state index in [1.807, 2.05) is 18.2 Å². The van der Waals surface area contributed by atoms with E-state index in [2.05, 4.69) is 167 Å². The van der Waals surface area contributed by atoms with Crippen molar-refractivity contribution in [1.29, 1.82) is 0 Å². The first-order chi connectivity index (χ1) is 25.8. The van der Waals surface area contributed by atoms with Crippen molar-refractivity contribution in [3.8, 4) is 34.4 Å². The number of hydrogen-bond donors (Lipinski definition) is 0. The molecular weight excluding hydrogens is 635 g/mol. The second kappa shape index (κ2) is 11.2. The fourth-order valence-corrected chi connectivity index (χ4v) is 8.08. The molecule has 0 unspecified atom stereocenters. The highest BCUT2D eigenvalue weighted by atomic mass is 15.2. The van der Waals surface area contributed by atoms with Crippen LogP contribution < -0.4 is 0 Å². The van der Waals surface area contributed by atoms with Gasteiger partial charge in [0, 0.05) is 38.4 Å². The number of hydrogen-bond acceptors (Lipinski definition) is 3. The van der Waals surface area contributed by atoms with Crippen LogP contribution in [0.4, 0.5) is 0 Å². The van der Waals surface area contributed by atoms with E-state index in [1.165, 1.54) is 32.3 Å². The van der Waals surface area contributed by atoms with Crippen molar-refractivity contribution in [2.75, 3.05) is 0 Å². The first-order valence-corrected chi connectivity index (χ1v) is 17.6. The largest absolute Gasteiger partial charge is 0.307 e. The van der Waals surface area contributed by atoms with Crippen LogP contribution in [-0.2, 0) is 0 Å². The van der Waals surface area contributed by atoms with E-state index in [0.29, 0.717) is 17.6 Å². The Hall–Kier alpha value is -7.11. The molecule has 3 aromatic heterocycles. The summed E-state index contributed by atoms with van der Waals surface area (Å²) in [5.41, 5.74) is 7.33. The Balaban J connectivity index is 1.35. The molecule has 11 aromatic rings. The van der Waals surface area contributed by atoms with Crippen molar-refractivity contribution in [3.05, 3.63) is 176 Å². The molecule has 0 aliphatic rings. The summed E-state index contributed by atoms with van der Waals surface area (Å²) in [5, 5.41) is 9.46. The minimum absolute atomic E-state index is 0.574. The molecule has 11 rings (SSSR count). The smallest absolute Gasteiger partial charge is 0.238 e. The summed E-state index contributed by atoms with van der Waals surface area (Å²) in [5.74, 6) is 1.83. The van der Waals surface area contributed by atoms with E-state index in [-0.39, 0.29) is 0 Å². The summed E-state index contributed by atoms with van der Waals surface area (Å²) in [7, 11) is 0. The number of aromatic nitrogens is 5. The average molecular weight is 664 g/mol. The molecule has 52 heavy (non-hydrogen) atoms. The van der Waals surface area contributed by atoms with Gasteiger partial charge in [-0.05, 0) is 51.9 Å². The molecule has 0 saturated heterocycles. The topological polar surface area (TPSA) is 48.5 Å². The maximum Gasteiger partial charge on any atom is 0.238 e. The quantitative estimate of drug-likeness (QED) is 0.188. The number of fused-ring (bicyclic) bond motifs is 11. The van der Waals surface area contributed by atoms with E-state index < -0.39 is 0 Å². The molecule has 3 heterocycles. The summed E-state index contributed by atoms with van der Waals surface area (Å²) < 4.78 is 4.69. The van der Waals surface area contributed by atoms with Crippen LogP contribution in [0.25, 0.3) is 99.6 Å². The van der Waals surface area contributed by atoms with Crippen LogP contribution in [0, 0.1) is 0 Å². The molecule has 5 nitrogen and oxygen atoms in total.